The number of carbonyl (C=O) groups is 1. The number of carbonyl (C=O) groups excluding carboxylic acids is 1. The Balaban J connectivity index is 1.54. The van der Waals surface area contributed by atoms with E-state index in [0.29, 0.717) is 28.1 Å². The number of nitrogens with one attached hydrogen (secondary N) is 2. The Morgan fingerprint density at radius 1 is 1.12 bits per heavy atom. The fraction of sp³-hybridized carbons (Fsp3) is 0.222. The van der Waals surface area contributed by atoms with Crippen molar-refractivity contribution in [3.05, 3.63) is 81.9 Å². The molecule has 3 aromatic carbocycles. The van der Waals surface area contributed by atoms with E-state index >= 15 is 0 Å². The minimum atomic E-state index is -0.279. The monoisotopic (exact) mass is 491 g/mol. The SMILES string of the molecule is CCC(C)c1ccc2oc(-c3ccc(Cl)c(NC(=S)NC(=O)c4ccc(C)cc4C)c3)nc2c1. The zero-order valence-corrected chi connectivity index (χ0v) is 21.1. The van der Waals surface area contributed by atoms with Gasteiger partial charge in [0.1, 0.15) is 5.52 Å². The Morgan fingerprint density at radius 3 is 2.65 bits per heavy atom. The summed E-state index contributed by atoms with van der Waals surface area (Å²) in [7, 11) is 0. The van der Waals surface area contributed by atoms with Crippen LogP contribution in [0.4, 0.5) is 5.69 Å². The third kappa shape index (κ3) is 5.13. The van der Waals surface area contributed by atoms with Crippen LogP contribution in [0.5, 0.6) is 0 Å². The lowest BCUT2D eigenvalue weighted by Gasteiger charge is -2.13. The molecule has 7 heteroatoms. The first-order chi connectivity index (χ1) is 16.2. The van der Waals surface area contributed by atoms with Crippen LogP contribution >= 0.6 is 23.8 Å². The fourth-order valence-corrected chi connectivity index (χ4v) is 4.12. The first-order valence-corrected chi connectivity index (χ1v) is 11.9. The average Bonchev–Trinajstić information content (AvgIpc) is 3.23. The highest BCUT2D eigenvalue weighted by molar-refractivity contribution is 7.80. The molecule has 4 rings (SSSR count). The van der Waals surface area contributed by atoms with Gasteiger partial charge in [0.05, 0.1) is 10.7 Å². The molecule has 1 unspecified atom stereocenters. The Kier molecular flexibility index (Phi) is 7.00. The molecule has 0 aliphatic rings. The van der Waals surface area contributed by atoms with Crippen LogP contribution in [0, 0.1) is 13.8 Å². The number of oxazole rings is 1. The topological polar surface area (TPSA) is 67.2 Å². The summed E-state index contributed by atoms with van der Waals surface area (Å²) in [5, 5.41) is 6.35. The van der Waals surface area contributed by atoms with Gasteiger partial charge in [-0.15, -0.1) is 0 Å². The van der Waals surface area contributed by atoms with Crippen LogP contribution in [0.1, 0.15) is 53.2 Å². The first kappa shape index (κ1) is 23.9. The van der Waals surface area contributed by atoms with Crippen molar-refractivity contribution in [1.82, 2.24) is 10.3 Å². The van der Waals surface area contributed by atoms with Gasteiger partial charge in [-0.2, -0.15) is 0 Å². The number of rotatable bonds is 5. The summed E-state index contributed by atoms with van der Waals surface area (Å²) < 4.78 is 5.98. The smallest absolute Gasteiger partial charge is 0.257 e. The molecule has 5 nitrogen and oxygen atoms in total. The Bertz CT molecular complexity index is 1400. The van der Waals surface area contributed by atoms with E-state index in [2.05, 4.69) is 41.6 Å². The number of aryl methyl sites for hydroxylation is 2. The maximum absolute atomic E-state index is 12.7. The summed E-state index contributed by atoms with van der Waals surface area (Å²) >= 11 is 11.8. The van der Waals surface area contributed by atoms with Crippen LogP contribution in [0.3, 0.4) is 0 Å². The van der Waals surface area contributed by atoms with Gasteiger partial charge in [-0.3, -0.25) is 10.1 Å². The van der Waals surface area contributed by atoms with Gasteiger partial charge in [0.15, 0.2) is 10.7 Å². The zero-order valence-electron chi connectivity index (χ0n) is 19.5. The number of fused-ring (bicyclic) bond motifs is 1. The van der Waals surface area contributed by atoms with E-state index < -0.39 is 0 Å². The highest BCUT2D eigenvalue weighted by Gasteiger charge is 2.15. The third-order valence-electron chi connectivity index (χ3n) is 5.91. The van der Waals surface area contributed by atoms with Crippen molar-refractivity contribution in [1.29, 1.82) is 0 Å². The van der Waals surface area contributed by atoms with Crippen LogP contribution in [-0.2, 0) is 0 Å². The molecule has 0 spiro atoms. The highest BCUT2D eigenvalue weighted by atomic mass is 35.5. The molecule has 0 aliphatic heterocycles. The largest absolute Gasteiger partial charge is 0.436 e. The molecule has 1 aromatic heterocycles. The molecule has 34 heavy (non-hydrogen) atoms. The summed E-state index contributed by atoms with van der Waals surface area (Å²) in [6.07, 6.45) is 1.06. The average molecular weight is 492 g/mol. The predicted molar refractivity (Wildman–Crippen MR) is 143 cm³/mol. The molecule has 0 radical (unpaired) electrons. The summed E-state index contributed by atoms with van der Waals surface area (Å²) in [5.41, 5.74) is 6.61. The number of anilines is 1. The lowest BCUT2D eigenvalue weighted by Crippen LogP contribution is -2.34. The Morgan fingerprint density at radius 2 is 1.91 bits per heavy atom. The van der Waals surface area contributed by atoms with Crippen molar-refractivity contribution in [2.75, 3.05) is 5.32 Å². The summed E-state index contributed by atoms with van der Waals surface area (Å²) in [5.74, 6) is 0.662. The molecule has 1 amide bonds. The van der Waals surface area contributed by atoms with E-state index in [1.807, 2.05) is 38.1 Å². The second-order valence-corrected chi connectivity index (χ2v) is 9.29. The molecule has 0 saturated heterocycles. The number of hydrogen-bond donors (Lipinski definition) is 2. The van der Waals surface area contributed by atoms with E-state index in [4.69, 9.17) is 28.2 Å². The molecule has 0 aliphatic carbocycles. The van der Waals surface area contributed by atoms with Gasteiger partial charge in [-0.25, -0.2) is 4.98 Å². The van der Waals surface area contributed by atoms with Gasteiger partial charge in [-0.05, 0) is 85.9 Å². The van der Waals surface area contributed by atoms with Crippen molar-refractivity contribution in [3.8, 4) is 11.5 Å². The lowest BCUT2D eigenvalue weighted by atomic mass is 9.98. The zero-order chi connectivity index (χ0) is 24.4. The normalized spacial score (nSPS) is 11.9. The van der Waals surface area contributed by atoms with Crippen LogP contribution in [0.25, 0.3) is 22.6 Å². The predicted octanol–water partition coefficient (Wildman–Crippen LogP) is 7.41. The molecule has 0 saturated carbocycles. The van der Waals surface area contributed by atoms with Crippen LogP contribution in [0.2, 0.25) is 5.02 Å². The molecule has 0 fully saturated rings. The molecule has 4 aromatic rings. The van der Waals surface area contributed by atoms with E-state index in [1.165, 1.54) is 5.56 Å². The van der Waals surface area contributed by atoms with Crippen molar-refractivity contribution < 1.29 is 9.21 Å². The van der Waals surface area contributed by atoms with Crippen molar-refractivity contribution in [3.63, 3.8) is 0 Å². The minimum Gasteiger partial charge on any atom is -0.436 e. The minimum absolute atomic E-state index is 0.153. The molecule has 174 valence electrons. The van der Waals surface area contributed by atoms with Gasteiger partial charge in [0.25, 0.3) is 5.91 Å². The van der Waals surface area contributed by atoms with Crippen LogP contribution < -0.4 is 10.6 Å². The van der Waals surface area contributed by atoms with E-state index in [-0.39, 0.29) is 11.0 Å². The van der Waals surface area contributed by atoms with Crippen molar-refractivity contribution >= 4 is 51.6 Å². The standard InChI is InChI=1S/C27H26ClN3O2S/c1-5-16(3)18-8-11-24-23(13-18)29-26(33-24)19-7-10-21(28)22(14-19)30-27(34)31-25(32)20-9-6-15(2)12-17(20)4/h6-14,16H,5H2,1-4H3,(H2,30,31,32,34). The number of thiocarbonyl (C=S) groups is 1. The van der Waals surface area contributed by atoms with E-state index in [9.17, 15) is 4.79 Å². The number of nitrogens with zero attached hydrogens (tertiary/aromatic N) is 1. The second-order valence-electron chi connectivity index (χ2n) is 8.48. The van der Waals surface area contributed by atoms with Crippen LogP contribution in [0.15, 0.2) is 59.0 Å². The molecular weight excluding hydrogens is 466 g/mol. The second kappa shape index (κ2) is 9.95. The van der Waals surface area contributed by atoms with E-state index in [0.717, 1.165) is 34.2 Å². The summed E-state index contributed by atoms with van der Waals surface area (Å²) in [4.78, 5) is 17.3. The Labute approximate surface area is 209 Å². The van der Waals surface area contributed by atoms with Gasteiger partial charge in [0.2, 0.25) is 5.89 Å². The number of benzene rings is 3. The quantitative estimate of drug-likeness (QED) is 0.284. The summed E-state index contributed by atoms with van der Waals surface area (Å²) in [6.45, 7) is 8.24. The maximum atomic E-state index is 12.7. The third-order valence-corrected chi connectivity index (χ3v) is 6.44. The number of aromatic nitrogens is 1. The number of hydrogen-bond acceptors (Lipinski definition) is 4. The molecule has 1 heterocycles. The number of amides is 1. The van der Waals surface area contributed by atoms with Crippen molar-refractivity contribution in [2.24, 2.45) is 0 Å². The van der Waals surface area contributed by atoms with Crippen LogP contribution in [-0.4, -0.2) is 16.0 Å². The van der Waals surface area contributed by atoms with Gasteiger partial charge in [0, 0.05) is 11.1 Å². The fourth-order valence-electron chi connectivity index (χ4n) is 3.76. The molecule has 2 N–H and O–H groups in total. The van der Waals surface area contributed by atoms with Gasteiger partial charge < -0.3 is 9.73 Å². The maximum Gasteiger partial charge on any atom is 0.257 e. The Hall–Kier alpha value is -3.22. The summed E-state index contributed by atoms with van der Waals surface area (Å²) in [6, 6.07) is 17.1. The highest BCUT2D eigenvalue weighted by Crippen LogP contribution is 2.31. The molecule has 0 bridgehead atoms. The number of halogens is 1. The lowest BCUT2D eigenvalue weighted by molar-refractivity contribution is 0.0977. The van der Waals surface area contributed by atoms with Gasteiger partial charge >= 0.3 is 0 Å². The van der Waals surface area contributed by atoms with Gasteiger partial charge in [-0.1, -0.05) is 49.2 Å². The van der Waals surface area contributed by atoms with Crippen molar-refractivity contribution in [2.45, 2.75) is 40.0 Å². The van der Waals surface area contributed by atoms with E-state index in [1.54, 1.807) is 18.2 Å². The first-order valence-electron chi connectivity index (χ1n) is 11.1. The molecule has 1 atom stereocenters. The molecular formula is C27H26ClN3O2S.